The van der Waals surface area contributed by atoms with E-state index >= 15 is 0 Å². The zero-order valence-corrected chi connectivity index (χ0v) is 14.6. The average Bonchev–Trinajstić information content (AvgIpc) is 2.76. The Bertz CT molecular complexity index is 601. The van der Waals surface area contributed by atoms with Gasteiger partial charge in [-0.25, -0.2) is 8.42 Å². The third-order valence-corrected chi connectivity index (χ3v) is 8.30. The number of sulfone groups is 1. The molecule has 0 spiro atoms. The van der Waals surface area contributed by atoms with Crippen LogP contribution in [0.4, 0.5) is 0 Å². The van der Waals surface area contributed by atoms with Gasteiger partial charge in [0, 0.05) is 23.8 Å². The highest BCUT2D eigenvalue weighted by molar-refractivity contribution is 7.94. The molecule has 0 aromatic carbocycles. The lowest BCUT2D eigenvalue weighted by atomic mass is 9.48. The molecule has 5 rings (SSSR count). The van der Waals surface area contributed by atoms with Crippen molar-refractivity contribution in [2.75, 3.05) is 5.75 Å². The van der Waals surface area contributed by atoms with Gasteiger partial charge in [0.15, 0.2) is 9.84 Å². The van der Waals surface area contributed by atoms with Crippen LogP contribution in [0.1, 0.15) is 51.9 Å². The maximum absolute atomic E-state index is 12.4. The third-order valence-electron chi connectivity index (χ3n) is 6.83. The van der Waals surface area contributed by atoms with Gasteiger partial charge in [-0.15, -0.1) is 0 Å². The normalized spacial score (nSPS) is 44.4. The number of hydrogen-bond acceptors (Lipinski definition) is 3. The predicted molar refractivity (Wildman–Crippen MR) is 89.2 cm³/mol. The molecule has 0 radical (unpaired) electrons. The molecule has 2 atom stereocenters. The molecule has 4 bridgehead atoms. The molecule has 5 aliphatic rings. The number of amides is 1. The van der Waals surface area contributed by atoms with Gasteiger partial charge in [0.1, 0.15) is 0 Å². The van der Waals surface area contributed by atoms with Crippen molar-refractivity contribution in [3.05, 3.63) is 11.5 Å². The number of carbonyl (C=O) groups is 1. The quantitative estimate of drug-likeness (QED) is 0.858. The van der Waals surface area contributed by atoms with Crippen molar-refractivity contribution in [1.82, 2.24) is 5.32 Å². The first-order chi connectivity index (χ1) is 10.8. The summed E-state index contributed by atoms with van der Waals surface area (Å²) < 4.78 is 22.9. The number of nitrogens with one attached hydrogen (secondary N) is 1. The van der Waals surface area contributed by atoms with E-state index in [9.17, 15) is 13.2 Å². The van der Waals surface area contributed by atoms with E-state index < -0.39 is 9.84 Å². The fourth-order valence-electron chi connectivity index (χ4n) is 6.17. The smallest absolute Gasteiger partial charge is 0.220 e. The summed E-state index contributed by atoms with van der Waals surface area (Å²) in [7, 11) is -3.07. The average molecular weight is 337 g/mol. The Hall–Kier alpha value is -0.840. The number of carbonyl (C=O) groups excluding carboxylic acids is 1. The van der Waals surface area contributed by atoms with Crippen LogP contribution in [0.25, 0.3) is 0 Å². The summed E-state index contributed by atoms with van der Waals surface area (Å²) in [5, 5.41) is 4.48. The van der Waals surface area contributed by atoms with Gasteiger partial charge in [-0.2, -0.15) is 0 Å². The molecule has 0 aromatic rings. The maximum atomic E-state index is 12.4. The Kier molecular flexibility index (Phi) is 3.63. The van der Waals surface area contributed by atoms with Gasteiger partial charge in [-0.3, -0.25) is 4.79 Å². The molecule has 4 nitrogen and oxygen atoms in total. The Morgan fingerprint density at radius 2 is 1.74 bits per heavy atom. The molecule has 1 N–H and O–H groups in total. The van der Waals surface area contributed by atoms with Gasteiger partial charge in [0.25, 0.3) is 0 Å². The van der Waals surface area contributed by atoms with Crippen LogP contribution >= 0.6 is 0 Å². The summed E-state index contributed by atoms with van der Waals surface area (Å²) in [4.78, 5) is 12.4. The van der Waals surface area contributed by atoms with Gasteiger partial charge in [0.05, 0.1) is 5.75 Å². The Morgan fingerprint density at radius 1 is 1.17 bits per heavy atom. The number of hydrogen-bond donors (Lipinski definition) is 1. The van der Waals surface area contributed by atoms with E-state index in [0.717, 1.165) is 17.8 Å². The lowest BCUT2D eigenvalue weighted by Crippen LogP contribution is -2.55. The monoisotopic (exact) mass is 337 g/mol. The minimum Gasteiger partial charge on any atom is -0.353 e. The van der Waals surface area contributed by atoms with Crippen LogP contribution in [0, 0.1) is 29.1 Å². The summed E-state index contributed by atoms with van der Waals surface area (Å²) in [5.41, 5.74) is 0.308. The van der Waals surface area contributed by atoms with Crippen LogP contribution in [-0.4, -0.2) is 26.1 Å². The second-order valence-electron chi connectivity index (χ2n) is 8.69. The first kappa shape index (κ1) is 15.7. The summed E-state index contributed by atoms with van der Waals surface area (Å²) in [6, 6.07) is 0.213. The topological polar surface area (TPSA) is 63.2 Å². The fourth-order valence-corrected chi connectivity index (χ4v) is 7.57. The first-order valence-electron chi connectivity index (χ1n) is 9.04. The molecular weight excluding hydrogens is 310 g/mol. The Morgan fingerprint density at radius 3 is 2.22 bits per heavy atom. The Labute approximate surface area is 139 Å². The molecule has 1 amide bonds. The van der Waals surface area contributed by atoms with Crippen molar-refractivity contribution in [2.24, 2.45) is 29.1 Å². The van der Waals surface area contributed by atoms with Crippen molar-refractivity contribution >= 4 is 15.7 Å². The Balaban J connectivity index is 1.37. The van der Waals surface area contributed by atoms with Gasteiger partial charge >= 0.3 is 0 Å². The van der Waals surface area contributed by atoms with Gasteiger partial charge in [-0.1, -0.05) is 6.08 Å². The van der Waals surface area contributed by atoms with E-state index in [2.05, 4.69) is 12.2 Å². The van der Waals surface area contributed by atoms with Crippen molar-refractivity contribution in [3.63, 3.8) is 0 Å². The van der Waals surface area contributed by atoms with Crippen LogP contribution in [-0.2, 0) is 14.6 Å². The SMILES string of the molecule is C[C@H](NC(=O)C[C@H]1C=CS(=O)(=O)C1)C12CC3CC(CC(C3)C1)C2. The molecule has 1 aliphatic heterocycles. The lowest BCUT2D eigenvalue weighted by Gasteiger charge is -2.59. The van der Waals surface area contributed by atoms with E-state index in [1.54, 1.807) is 6.08 Å². The number of allylic oxidation sites excluding steroid dienone is 1. The van der Waals surface area contributed by atoms with E-state index in [1.165, 1.54) is 43.9 Å². The van der Waals surface area contributed by atoms with Crippen LogP contribution in [0.15, 0.2) is 11.5 Å². The van der Waals surface area contributed by atoms with Crippen LogP contribution in [0.5, 0.6) is 0 Å². The molecular formula is C18H27NO3S. The van der Waals surface area contributed by atoms with Crippen molar-refractivity contribution in [2.45, 2.75) is 57.9 Å². The fraction of sp³-hybridized carbons (Fsp3) is 0.833. The molecule has 0 unspecified atom stereocenters. The van der Waals surface area contributed by atoms with E-state index in [-0.39, 0.29) is 23.6 Å². The van der Waals surface area contributed by atoms with Crippen LogP contribution in [0.2, 0.25) is 0 Å². The third kappa shape index (κ3) is 2.97. The molecule has 0 aromatic heterocycles. The maximum Gasteiger partial charge on any atom is 0.220 e. The van der Waals surface area contributed by atoms with Crippen LogP contribution < -0.4 is 5.32 Å². The highest BCUT2D eigenvalue weighted by atomic mass is 32.2. The molecule has 4 aliphatic carbocycles. The molecule has 0 saturated heterocycles. The van der Waals surface area contributed by atoms with Gasteiger partial charge in [0.2, 0.25) is 5.91 Å². The van der Waals surface area contributed by atoms with Crippen LogP contribution in [0.3, 0.4) is 0 Å². The largest absolute Gasteiger partial charge is 0.353 e. The molecule has 4 fully saturated rings. The van der Waals surface area contributed by atoms with Crippen molar-refractivity contribution < 1.29 is 13.2 Å². The summed E-state index contributed by atoms with van der Waals surface area (Å²) in [6.07, 6.45) is 10.0. The first-order valence-corrected chi connectivity index (χ1v) is 10.8. The highest BCUT2D eigenvalue weighted by Crippen LogP contribution is 2.61. The molecule has 128 valence electrons. The zero-order valence-electron chi connectivity index (χ0n) is 13.8. The van der Waals surface area contributed by atoms with Crippen molar-refractivity contribution in [3.8, 4) is 0 Å². The van der Waals surface area contributed by atoms with E-state index in [4.69, 9.17) is 0 Å². The van der Waals surface area contributed by atoms with E-state index in [1.807, 2.05) is 0 Å². The highest BCUT2D eigenvalue weighted by Gasteiger charge is 2.53. The molecule has 5 heteroatoms. The minimum absolute atomic E-state index is 0.0139. The second-order valence-corrected chi connectivity index (χ2v) is 10.6. The van der Waals surface area contributed by atoms with E-state index in [0.29, 0.717) is 11.8 Å². The van der Waals surface area contributed by atoms with Crippen molar-refractivity contribution in [1.29, 1.82) is 0 Å². The lowest BCUT2D eigenvalue weighted by molar-refractivity contribution is -0.126. The second kappa shape index (κ2) is 5.33. The summed E-state index contributed by atoms with van der Waals surface area (Å²) in [5.74, 6) is 2.59. The van der Waals surface area contributed by atoms with Gasteiger partial charge in [-0.05, 0) is 68.6 Å². The zero-order chi connectivity index (χ0) is 16.2. The summed E-state index contributed by atoms with van der Waals surface area (Å²) in [6.45, 7) is 2.17. The predicted octanol–water partition coefficient (Wildman–Crippen LogP) is 2.66. The molecule has 23 heavy (non-hydrogen) atoms. The molecule has 4 saturated carbocycles. The minimum atomic E-state index is -3.07. The number of rotatable bonds is 4. The van der Waals surface area contributed by atoms with Gasteiger partial charge < -0.3 is 5.32 Å². The molecule has 1 heterocycles. The summed E-state index contributed by atoms with van der Waals surface area (Å²) >= 11 is 0. The standard InChI is InChI=1S/C18H27NO3S/c1-12(19-17(20)7-13-2-3-23(21,22)11-13)18-8-14-4-15(9-18)6-16(5-14)10-18/h2-3,12-16H,4-11H2,1H3,(H,19,20)/t12-,13+,14?,15?,16?,18?/m0/s1.